The van der Waals surface area contributed by atoms with Gasteiger partial charge >= 0.3 is 0 Å². The number of nitrogens with zero attached hydrogens (tertiary/aromatic N) is 2. The van der Waals surface area contributed by atoms with E-state index in [0.717, 1.165) is 33.5 Å². The highest BCUT2D eigenvalue weighted by Crippen LogP contribution is 2.38. The van der Waals surface area contributed by atoms with E-state index < -0.39 is 0 Å². The van der Waals surface area contributed by atoms with Gasteiger partial charge in [0, 0.05) is 18.0 Å². The molecule has 2 aromatic heterocycles. The van der Waals surface area contributed by atoms with Crippen molar-refractivity contribution in [1.29, 1.82) is 0 Å². The van der Waals surface area contributed by atoms with Crippen LogP contribution in [0.3, 0.4) is 0 Å². The Bertz CT molecular complexity index is 768. The Kier molecular flexibility index (Phi) is 3.22. The Morgan fingerprint density at radius 2 is 1.57 bits per heavy atom. The third-order valence-electron chi connectivity index (χ3n) is 3.60. The molecule has 0 saturated heterocycles. The number of nitrogens with two attached hydrogens (primary N) is 1. The molecule has 4 nitrogen and oxygen atoms in total. The molecule has 0 atom stereocenters. The zero-order valence-electron chi connectivity index (χ0n) is 12.3. The van der Waals surface area contributed by atoms with Crippen molar-refractivity contribution in [2.75, 3.05) is 5.73 Å². The third-order valence-corrected chi connectivity index (χ3v) is 3.60. The molecule has 1 aromatic carbocycles. The summed E-state index contributed by atoms with van der Waals surface area (Å²) in [5.41, 5.74) is 13.2. The first-order valence-corrected chi connectivity index (χ1v) is 6.81. The van der Waals surface area contributed by atoms with Gasteiger partial charge in [-0.3, -0.25) is 4.98 Å². The summed E-state index contributed by atoms with van der Waals surface area (Å²) in [6.45, 7) is 6.25. The highest BCUT2D eigenvalue weighted by Gasteiger charge is 2.20. The molecular weight excluding hydrogens is 262 g/mol. The van der Waals surface area contributed by atoms with Gasteiger partial charge in [0.15, 0.2) is 0 Å². The molecule has 0 aliphatic carbocycles. The van der Waals surface area contributed by atoms with Gasteiger partial charge in [0.2, 0.25) is 5.88 Å². The van der Waals surface area contributed by atoms with Crippen LogP contribution in [0.1, 0.15) is 16.7 Å². The number of anilines is 1. The first kappa shape index (κ1) is 13.4. The van der Waals surface area contributed by atoms with Crippen molar-refractivity contribution in [1.82, 2.24) is 10.1 Å². The van der Waals surface area contributed by atoms with Gasteiger partial charge in [-0.1, -0.05) is 22.9 Å². The van der Waals surface area contributed by atoms with Gasteiger partial charge in [-0.25, -0.2) is 0 Å². The second-order valence-corrected chi connectivity index (χ2v) is 5.28. The fourth-order valence-electron chi connectivity index (χ4n) is 2.82. The smallest absolute Gasteiger partial charge is 0.230 e. The van der Waals surface area contributed by atoms with Crippen molar-refractivity contribution < 1.29 is 4.52 Å². The molecule has 0 bridgehead atoms. The lowest BCUT2D eigenvalue weighted by molar-refractivity contribution is 0.439. The summed E-state index contributed by atoms with van der Waals surface area (Å²) >= 11 is 0. The molecule has 4 heteroatoms. The standard InChI is InChI=1S/C17H17N3O/c1-10-8-11(2)14(12(3)9-10)16-15(17(18)21-20-16)13-4-6-19-7-5-13/h4-9H,18H2,1-3H3. The van der Waals surface area contributed by atoms with Gasteiger partial charge in [0.05, 0.1) is 5.56 Å². The summed E-state index contributed by atoms with van der Waals surface area (Å²) in [5, 5.41) is 4.19. The molecule has 0 unspecified atom stereocenters. The Balaban J connectivity index is 2.27. The van der Waals surface area contributed by atoms with E-state index in [2.05, 4.69) is 43.0 Å². The Morgan fingerprint density at radius 1 is 0.952 bits per heavy atom. The van der Waals surface area contributed by atoms with Crippen LogP contribution in [0.15, 0.2) is 41.2 Å². The molecule has 3 aromatic rings. The molecule has 0 aliphatic heterocycles. The third kappa shape index (κ3) is 2.29. The summed E-state index contributed by atoms with van der Waals surface area (Å²) < 4.78 is 5.25. The number of pyridine rings is 1. The van der Waals surface area contributed by atoms with Gasteiger partial charge in [0.25, 0.3) is 0 Å². The van der Waals surface area contributed by atoms with E-state index in [-0.39, 0.29) is 0 Å². The normalized spacial score (nSPS) is 10.8. The summed E-state index contributed by atoms with van der Waals surface area (Å²) in [5.74, 6) is 0.329. The SMILES string of the molecule is Cc1cc(C)c(-c2noc(N)c2-c2ccncc2)c(C)c1. The average molecular weight is 279 g/mol. The molecule has 0 aliphatic rings. The molecular formula is C17H17N3O. The number of hydrogen-bond donors (Lipinski definition) is 1. The number of aryl methyl sites for hydroxylation is 3. The summed E-state index contributed by atoms with van der Waals surface area (Å²) in [7, 11) is 0. The maximum Gasteiger partial charge on any atom is 0.230 e. The zero-order valence-corrected chi connectivity index (χ0v) is 12.3. The predicted octanol–water partition coefficient (Wildman–Crippen LogP) is 3.91. The van der Waals surface area contributed by atoms with Crippen LogP contribution in [0.2, 0.25) is 0 Å². The lowest BCUT2D eigenvalue weighted by atomic mass is 9.93. The van der Waals surface area contributed by atoms with Gasteiger partial charge in [-0.2, -0.15) is 0 Å². The van der Waals surface area contributed by atoms with Crippen LogP contribution in [-0.2, 0) is 0 Å². The number of benzene rings is 1. The topological polar surface area (TPSA) is 64.9 Å². The Labute approximate surface area is 123 Å². The van der Waals surface area contributed by atoms with Gasteiger partial charge in [0.1, 0.15) is 5.69 Å². The van der Waals surface area contributed by atoms with E-state index >= 15 is 0 Å². The first-order valence-electron chi connectivity index (χ1n) is 6.81. The maximum absolute atomic E-state index is 5.99. The molecule has 2 N–H and O–H groups in total. The second kappa shape index (κ2) is 5.05. The quantitative estimate of drug-likeness (QED) is 0.772. The van der Waals surface area contributed by atoms with Crippen molar-refractivity contribution >= 4 is 5.88 Å². The maximum atomic E-state index is 5.99. The average Bonchev–Trinajstić information content (AvgIpc) is 2.80. The largest absolute Gasteiger partial charge is 0.367 e. The molecule has 0 spiro atoms. The lowest BCUT2D eigenvalue weighted by Gasteiger charge is -2.10. The van der Waals surface area contributed by atoms with Crippen LogP contribution >= 0.6 is 0 Å². The van der Waals surface area contributed by atoms with Crippen LogP contribution in [0.4, 0.5) is 5.88 Å². The highest BCUT2D eigenvalue weighted by atomic mass is 16.5. The van der Waals surface area contributed by atoms with Crippen LogP contribution in [-0.4, -0.2) is 10.1 Å². The van der Waals surface area contributed by atoms with Crippen LogP contribution in [0.25, 0.3) is 22.4 Å². The zero-order chi connectivity index (χ0) is 15.0. The second-order valence-electron chi connectivity index (χ2n) is 5.28. The molecule has 2 heterocycles. The van der Waals surface area contributed by atoms with Gasteiger partial charge in [-0.05, 0) is 49.6 Å². The van der Waals surface area contributed by atoms with Crippen molar-refractivity contribution in [2.24, 2.45) is 0 Å². The predicted molar refractivity (Wildman–Crippen MR) is 83.8 cm³/mol. The van der Waals surface area contributed by atoms with Crippen molar-refractivity contribution in [3.63, 3.8) is 0 Å². The van der Waals surface area contributed by atoms with Crippen molar-refractivity contribution in [2.45, 2.75) is 20.8 Å². The van der Waals surface area contributed by atoms with Gasteiger partial charge in [-0.15, -0.1) is 0 Å². The number of nitrogen functional groups attached to an aromatic ring is 1. The number of aromatic nitrogens is 2. The number of rotatable bonds is 2. The summed E-state index contributed by atoms with van der Waals surface area (Å²) in [6.07, 6.45) is 3.47. The molecule has 0 amide bonds. The monoisotopic (exact) mass is 279 g/mol. The minimum atomic E-state index is 0.329. The first-order chi connectivity index (χ1) is 10.1. The van der Waals surface area contributed by atoms with E-state index in [9.17, 15) is 0 Å². The summed E-state index contributed by atoms with van der Waals surface area (Å²) in [6, 6.07) is 8.10. The summed E-state index contributed by atoms with van der Waals surface area (Å²) in [4.78, 5) is 4.04. The van der Waals surface area contributed by atoms with Crippen LogP contribution < -0.4 is 5.73 Å². The molecule has 106 valence electrons. The fourth-order valence-corrected chi connectivity index (χ4v) is 2.82. The molecule has 0 saturated carbocycles. The van der Waals surface area contributed by atoms with E-state index in [1.165, 1.54) is 5.56 Å². The van der Waals surface area contributed by atoms with E-state index in [4.69, 9.17) is 10.3 Å². The molecule has 0 radical (unpaired) electrons. The van der Waals surface area contributed by atoms with Crippen molar-refractivity contribution in [3.05, 3.63) is 53.3 Å². The minimum Gasteiger partial charge on any atom is -0.367 e. The molecule has 3 rings (SSSR count). The minimum absolute atomic E-state index is 0.329. The highest BCUT2D eigenvalue weighted by molar-refractivity contribution is 5.88. The Morgan fingerprint density at radius 3 is 2.19 bits per heavy atom. The Hall–Kier alpha value is -2.62. The lowest BCUT2D eigenvalue weighted by Crippen LogP contribution is -1.93. The van der Waals surface area contributed by atoms with E-state index in [0.29, 0.717) is 5.88 Å². The fraction of sp³-hybridized carbons (Fsp3) is 0.176. The van der Waals surface area contributed by atoms with E-state index in [1.807, 2.05) is 12.1 Å². The van der Waals surface area contributed by atoms with Crippen LogP contribution in [0.5, 0.6) is 0 Å². The van der Waals surface area contributed by atoms with Crippen LogP contribution in [0, 0.1) is 20.8 Å². The van der Waals surface area contributed by atoms with Gasteiger partial charge < -0.3 is 10.3 Å². The molecule has 0 fully saturated rings. The molecule has 21 heavy (non-hydrogen) atoms. The van der Waals surface area contributed by atoms with E-state index in [1.54, 1.807) is 12.4 Å². The van der Waals surface area contributed by atoms with Crippen molar-refractivity contribution in [3.8, 4) is 22.4 Å². The number of hydrogen-bond acceptors (Lipinski definition) is 4.